The number of halogens is 1. The van der Waals surface area contributed by atoms with Crippen LogP contribution in [0, 0.1) is 0 Å². The lowest BCUT2D eigenvalue weighted by atomic mass is 9.79. The van der Waals surface area contributed by atoms with Gasteiger partial charge in [-0.05, 0) is 41.2 Å². The second-order valence-electron chi connectivity index (χ2n) is 10.1. The lowest BCUT2D eigenvalue weighted by Crippen LogP contribution is -2.44. The molecule has 3 heterocycles. The Morgan fingerprint density at radius 2 is 1.88 bits per heavy atom. The predicted molar refractivity (Wildman–Crippen MR) is 127 cm³/mol. The summed E-state index contributed by atoms with van der Waals surface area (Å²) in [5.41, 5.74) is 4.32. The first-order valence-corrected chi connectivity index (χ1v) is 11.9. The minimum atomic E-state index is -0.925. The van der Waals surface area contributed by atoms with Crippen molar-refractivity contribution in [1.29, 1.82) is 0 Å². The zero-order valence-corrected chi connectivity index (χ0v) is 19.8. The van der Waals surface area contributed by atoms with Crippen LogP contribution in [0.1, 0.15) is 66.6 Å². The molecule has 0 unspecified atom stereocenters. The van der Waals surface area contributed by atoms with E-state index in [0.717, 1.165) is 62.3 Å². The molecule has 33 heavy (non-hydrogen) atoms. The number of benzene rings is 2. The van der Waals surface area contributed by atoms with Gasteiger partial charge in [-0.1, -0.05) is 48.8 Å². The number of fused-ring (bicyclic) bond motifs is 1. The van der Waals surface area contributed by atoms with Gasteiger partial charge in [0, 0.05) is 44.5 Å². The van der Waals surface area contributed by atoms with Crippen LogP contribution in [0.4, 0.5) is 0 Å². The molecule has 0 radical (unpaired) electrons. The number of nitrogens with zero attached hydrogens (tertiary/aromatic N) is 2. The van der Waals surface area contributed by atoms with E-state index in [1.165, 1.54) is 11.1 Å². The fraction of sp³-hybridized carbons (Fsp3) is 0.462. The number of carboxylic acid groups (broad SMARTS) is 1. The first-order chi connectivity index (χ1) is 15.7. The Morgan fingerprint density at radius 3 is 2.58 bits per heavy atom. The van der Waals surface area contributed by atoms with Gasteiger partial charge in [0.1, 0.15) is 11.4 Å². The van der Waals surface area contributed by atoms with Crippen molar-refractivity contribution in [1.82, 2.24) is 4.90 Å². The van der Waals surface area contributed by atoms with Crippen molar-refractivity contribution >= 4 is 23.3 Å². The Labute approximate surface area is 199 Å². The summed E-state index contributed by atoms with van der Waals surface area (Å²) < 4.78 is 5.86. The summed E-state index contributed by atoms with van der Waals surface area (Å²) in [6.07, 6.45) is 3.55. The lowest BCUT2D eigenvalue weighted by Gasteiger charge is -2.38. The standard InChI is InChI=1S/C26H29ClN2O4/c1-25(2)9-12-32-23-20(25)13-17(14-21(23)27)16-29-10-7-26(8-11-29)15-22(28-33-26)18-3-5-19(6-4-18)24(30)31/h3-6,13-14H,7-12,15-16H2,1-2H3,(H,30,31). The van der Waals surface area contributed by atoms with Crippen molar-refractivity contribution in [2.75, 3.05) is 19.7 Å². The Balaban J connectivity index is 1.22. The normalized spacial score (nSPS) is 21.1. The second kappa shape index (κ2) is 8.33. The largest absolute Gasteiger partial charge is 0.492 e. The average Bonchev–Trinajstić information content (AvgIpc) is 3.20. The van der Waals surface area contributed by atoms with Crippen LogP contribution in [0.15, 0.2) is 41.6 Å². The number of piperidine rings is 1. The molecule has 1 saturated heterocycles. The van der Waals surface area contributed by atoms with Crippen LogP contribution in [0.5, 0.6) is 5.75 Å². The highest BCUT2D eigenvalue weighted by Gasteiger charge is 2.42. The molecule has 1 N–H and O–H groups in total. The van der Waals surface area contributed by atoms with Gasteiger partial charge in [0.15, 0.2) is 0 Å². The summed E-state index contributed by atoms with van der Waals surface area (Å²) in [4.78, 5) is 19.5. The molecule has 0 amide bonds. The molecule has 1 spiro atoms. The Bertz CT molecular complexity index is 1100. The summed E-state index contributed by atoms with van der Waals surface area (Å²) in [6, 6.07) is 11.2. The lowest BCUT2D eigenvalue weighted by molar-refractivity contribution is -0.0627. The summed E-state index contributed by atoms with van der Waals surface area (Å²) >= 11 is 6.58. The van der Waals surface area contributed by atoms with Crippen molar-refractivity contribution in [2.45, 2.75) is 57.1 Å². The van der Waals surface area contributed by atoms with Gasteiger partial charge in [-0.2, -0.15) is 0 Å². The predicted octanol–water partition coefficient (Wildman–Crippen LogP) is 5.26. The van der Waals surface area contributed by atoms with E-state index in [1.54, 1.807) is 12.1 Å². The number of oxime groups is 1. The van der Waals surface area contributed by atoms with Crippen LogP contribution in [-0.4, -0.2) is 47.0 Å². The molecule has 0 atom stereocenters. The zero-order valence-electron chi connectivity index (χ0n) is 19.1. The van der Waals surface area contributed by atoms with Crippen molar-refractivity contribution in [3.63, 3.8) is 0 Å². The van der Waals surface area contributed by atoms with Gasteiger partial charge in [-0.15, -0.1) is 0 Å². The molecule has 3 aliphatic heterocycles. The fourth-order valence-corrected chi connectivity index (χ4v) is 5.36. The Hall–Kier alpha value is -2.57. The van der Waals surface area contributed by atoms with Gasteiger partial charge >= 0.3 is 5.97 Å². The SMILES string of the molecule is CC1(C)CCOc2c(Cl)cc(CN3CCC4(CC3)CC(c3ccc(C(=O)O)cc3)=NO4)cc21. The van der Waals surface area contributed by atoms with E-state index in [9.17, 15) is 4.79 Å². The van der Waals surface area contributed by atoms with Crippen LogP contribution in [0.3, 0.4) is 0 Å². The molecule has 3 aliphatic rings. The summed E-state index contributed by atoms with van der Waals surface area (Å²) in [5, 5.41) is 14.2. The molecule has 0 bridgehead atoms. The number of carbonyl (C=O) groups is 1. The van der Waals surface area contributed by atoms with E-state index in [1.807, 2.05) is 18.2 Å². The van der Waals surface area contributed by atoms with Gasteiger partial charge in [0.25, 0.3) is 0 Å². The highest BCUT2D eigenvalue weighted by atomic mass is 35.5. The number of hydrogen-bond acceptors (Lipinski definition) is 5. The number of carboxylic acids is 1. The second-order valence-corrected chi connectivity index (χ2v) is 10.5. The van der Waals surface area contributed by atoms with Crippen LogP contribution in [-0.2, 0) is 16.8 Å². The minimum Gasteiger partial charge on any atom is -0.492 e. The molecule has 6 nitrogen and oxygen atoms in total. The number of ether oxygens (including phenoxy) is 1. The molecule has 0 saturated carbocycles. The quantitative estimate of drug-likeness (QED) is 0.662. The van der Waals surface area contributed by atoms with E-state index >= 15 is 0 Å². The van der Waals surface area contributed by atoms with E-state index in [2.05, 4.69) is 30.0 Å². The smallest absolute Gasteiger partial charge is 0.335 e. The maximum Gasteiger partial charge on any atom is 0.335 e. The van der Waals surface area contributed by atoms with Crippen molar-refractivity contribution in [3.05, 3.63) is 63.7 Å². The average molecular weight is 469 g/mol. The molecule has 2 aromatic carbocycles. The monoisotopic (exact) mass is 468 g/mol. The Morgan fingerprint density at radius 1 is 1.15 bits per heavy atom. The molecule has 5 rings (SSSR count). The highest BCUT2D eigenvalue weighted by Crippen LogP contribution is 2.43. The van der Waals surface area contributed by atoms with Crippen LogP contribution in [0.25, 0.3) is 0 Å². The van der Waals surface area contributed by atoms with E-state index in [0.29, 0.717) is 11.6 Å². The zero-order chi connectivity index (χ0) is 23.2. The molecule has 174 valence electrons. The summed E-state index contributed by atoms with van der Waals surface area (Å²) in [5.74, 6) is -0.0824. The first kappa shape index (κ1) is 22.2. The molecule has 7 heteroatoms. The van der Waals surface area contributed by atoms with Crippen LogP contribution >= 0.6 is 11.6 Å². The maximum atomic E-state index is 11.1. The minimum absolute atomic E-state index is 0.0628. The molecule has 0 aromatic heterocycles. The van der Waals surface area contributed by atoms with Gasteiger partial charge in [-0.3, -0.25) is 4.90 Å². The number of hydrogen-bond donors (Lipinski definition) is 1. The van der Waals surface area contributed by atoms with Gasteiger partial charge in [0.05, 0.1) is 22.9 Å². The van der Waals surface area contributed by atoms with E-state index in [4.69, 9.17) is 26.3 Å². The van der Waals surface area contributed by atoms with Crippen molar-refractivity contribution < 1.29 is 19.5 Å². The summed E-state index contributed by atoms with van der Waals surface area (Å²) in [7, 11) is 0. The third kappa shape index (κ3) is 4.34. The molecule has 1 fully saturated rings. The number of likely N-dealkylation sites (tertiary alicyclic amines) is 1. The fourth-order valence-electron chi connectivity index (χ4n) is 5.06. The number of rotatable bonds is 4. The van der Waals surface area contributed by atoms with Gasteiger partial charge in [0.2, 0.25) is 0 Å². The topological polar surface area (TPSA) is 71.4 Å². The maximum absolute atomic E-state index is 11.1. The van der Waals surface area contributed by atoms with Crippen molar-refractivity contribution in [3.8, 4) is 5.75 Å². The van der Waals surface area contributed by atoms with E-state index in [-0.39, 0.29) is 16.6 Å². The van der Waals surface area contributed by atoms with Gasteiger partial charge < -0.3 is 14.7 Å². The van der Waals surface area contributed by atoms with E-state index < -0.39 is 5.97 Å². The van der Waals surface area contributed by atoms with Gasteiger partial charge in [-0.25, -0.2) is 4.79 Å². The van der Waals surface area contributed by atoms with Crippen molar-refractivity contribution in [2.24, 2.45) is 5.16 Å². The summed E-state index contributed by atoms with van der Waals surface area (Å²) in [6.45, 7) is 7.92. The molecular formula is C26H29ClN2O4. The number of aromatic carboxylic acids is 1. The third-order valence-corrected chi connectivity index (χ3v) is 7.56. The molecular weight excluding hydrogens is 440 g/mol. The molecule has 2 aromatic rings. The third-order valence-electron chi connectivity index (χ3n) is 7.28. The van der Waals surface area contributed by atoms with Crippen LogP contribution < -0.4 is 4.74 Å². The molecule has 0 aliphatic carbocycles. The van der Waals surface area contributed by atoms with Crippen LogP contribution in [0.2, 0.25) is 5.02 Å². The Kier molecular flexibility index (Phi) is 5.61. The first-order valence-electron chi connectivity index (χ1n) is 11.5. The highest BCUT2D eigenvalue weighted by molar-refractivity contribution is 6.32.